The van der Waals surface area contributed by atoms with Crippen LogP contribution in [0, 0.1) is 52.3 Å². The first-order chi connectivity index (χ1) is 13.7. The molecule has 4 aliphatic rings. The second kappa shape index (κ2) is 7.74. The van der Waals surface area contributed by atoms with Crippen LogP contribution >= 0.6 is 0 Å². The second-order valence-electron chi connectivity index (χ2n) is 12.0. The Labute approximate surface area is 178 Å². The summed E-state index contributed by atoms with van der Waals surface area (Å²) in [5.41, 5.74) is 0.453. The molecule has 164 valence electrons. The number of aliphatic hydroxyl groups is 2. The highest BCUT2D eigenvalue weighted by molar-refractivity contribution is 5.28. The van der Waals surface area contributed by atoms with Gasteiger partial charge in [0.05, 0.1) is 6.10 Å². The van der Waals surface area contributed by atoms with Crippen LogP contribution in [0.1, 0.15) is 86.0 Å². The van der Waals surface area contributed by atoms with E-state index >= 15 is 0 Å². The molecule has 29 heavy (non-hydrogen) atoms. The van der Waals surface area contributed by atoms with Crippen molar-refractivity contribution in [2.45, 2.75) is 92.1 Å². The molecule has 0 heterocycles. The summed E-state index contributed by atoms with van der Waals surface area (Å²) in [7, 11) is 0. The molecular weight excluding hydrogens is 356 g/mol. The van der Waals surface area contributed by atoms with Gasteiger partial charge in [-0.05, 0) is 90.6 Å². The van der Waals surface area contributed by atoms with Crippen molar-refractivity contribution in [3.8, 4) is 0 Å². The van der Waals surface area contributed by atoms with Crippen LogP contribution in [0.15, 0.2) is 24.0 Å². The fourth-order valence-corrected chi connectivity index (χ4v) is 8.53. The van der Waals surface area contributed by atoms with Crippen molar-refractivity contribution in [3.63, 3.8) is 0 Å². The maximum absolute atomic E-state index is 11.1. The monoisotopic (exact) mass is 400 g/mol. The minimum atomic E-state index is -0.321. The molecule has 2 heteroatoms. The molecule has 1 unspecified atom stereocenters. The fraction of sp³-hybridized carbons (Fsp3) is 0.852. The highest BCUT2D eigenvalue weighted by Crippen LogP contribution is 2.67. The predicted molar refractivity (Wildman–Crippen MR) is 120 cm³/mol. The number of fused-ring (bicyclic) bond motifs is 5. The van der Waals surface area contributed by atoms with Crippen molar-refractivity contribution in [1.29, 1.82) is 0 Å². The van der Waals surface area contributed by atoms with Crippen molar-refractivity contribution in [2.75, 3.05) is 0 Å². The summed E-state index contributed by atoms with van der Waals surface area (Å²) in [5, 5.41) is 21.1. The molecule has 0 aromatic carbocycles. The van der Waals surface area contributed by atoms with Crippen molar-refractivity contribution in [2.24, 2.45) is 52.3 Å². The Kier molecular flexibility index (Phi) is 5.73. The van der Waals surface area contributed by atoms with E-state index in [4.69, 9.17) is 0 Å². The zero-order valence-electron chi connectivity index (χ0n) is 19.4. The van der Waals surface area contributed by atoms with E-state index in [9.17, 15) is 10.2 Å². The first-order valence-electron chi connectivity index (χ1n) is 12.4. The summed E-state index contributed by atoms with van der Waals surface area (Å²) in [6.45, 7) is 12.2. The van der Waals surface area contributed by atoms with Gasteiger partial charge in [-0.2, -0.15) is 0 Å². The number of aliphatic hydroxyl groups excluding tert-OH is 2. The van der Waals surface area contributed by atoms with Gasteiger partial charge >= 0.3 is 0 Å². The lowest BCUT2D eigenvalue weighted by atomic mass is 9.45. The summed E-state index contributed by atoms with van der Waals surface area (Å²) in [6.07, 6.45) is 16.2. The van der Waals surface area contributed by atoms with Gasteiger partial charge in [-0.1, -0.05) is 60.0 Å². The van der Waals surface area contributed by atoms with Crippen molar-refractivity contribution < 1.29 is 10.2 Å². The lowest BCUT2D eigenvalue weighted by molar-refractivity contribution is -0.116. The van der Waals surface area contributed by atoms with E-state index in [0.29, 0.717) is 23.0 Å². The van der Waals surface area contributed by atoms with Crippen LogP contribution in [0.2, 0.25) is 0 Å². The van der Waals surface area contributed by atoms with Crippen LogP contribution in [-0.2, 0) is 0 Å². The van der Waals surface area contributed by atoms with E-state index in [1.165, 1.54) is 44.9 Å². The van der Waals surface area contributed by atoms with Crippen LogP contribution in [0.4, 0.5) is 0 Å². The molecule has 0 amide bonds. The molecule has 9 atom stereocenters. The maximum Gasteiger partial charge on any atom is 0.111 e. The molecule has 0 aromatic rings. The smallest absolute Gasteiger partial charge is 0.111 e. The van der Waals surface area contributed by atoms with Crippen molar-refractivity contribution in [1.82, 2.24) is 0 Å². The van der Waals surface area contributed by atoms with E-state index in [-0.39, 0.29) is 17.4 Å². The molecule has 4 rings (SSSR count). The SMILES string of the molecule is CC(C)CCC[C@@H](C)[C@H]1CC[C@H]2[C@@H]3C[C@H](O)C4C=C(O)C=C[C@]4(C)[C@H]3CC[C@]12C. The predicted octanol–water partition coefficient (Wildman–Crippen LogP) is 6.91. The fourth-order valence-electron chi connectivity index (χ4n) is 8.53. The van der Waals surface area contributed by atoms with E-state index < -0.39 is 0 Å². The van der Waals surface area contributed by atoms with Crippen LogP contribution in [0.25, 0.3) is 0 Å². The standard InChI is InChI=1S/C27H44O2/c1-17(2)7-6-8-18(3)21-9-10-22-20-16-25(29)24-15-19(28)11-13-27(24,5)23(20)12-14-26(21,22)4/h11,13,15,17-18,20-25,28-29H,6-10,12,14,16H2,1-5H3/t18-,20+,21-,22+,23+,24?,25+,26-,27-/m1/s1. The Morgan fingerprint density at radius 1 is 1.07 bits per heavy atom. The van der Waals surface area contributed by atoms with Gasteiger partial charge in [-0.25, -0.2) is 0 Å². The van der Waals surface area contributed by atoms with E-state index in [1.807, 2.05) is 12.2 Å². The van der Waals surface area contributed by atoms with Gasteiger partial charge in [0.25, 0.3) is 0 Å². The average Bonchev–Trinajstić information content (AvgIpc) is 3.00. The van der Waals surface area contributed by atoms with Crippen LogP contribution in [-0.4, -0.2) is 16.3 Å². The van der Waals surface area contributed by atoms with Gasteiger partial charge in [0.2, 0.25) is 0 Å². The zero-order chi connectivity index (χ0) is 21.0. The lowest BCUT2D eigenvalue weighted by Crippen LogP contribution is -2.55. The molecule has 0 aromatic heterocycles. The minimum Gasteiger partial charge on any atom is -0.508 e. The lowest BCUT2D eigenvalue weighted by Gasteiger charge is -2.60. The van der Waals surface area contributed by atoms with Gasteiger partial charge < -0.3 is 10.2 Å². The molecular formula is C27H44O2. The van der Waals surface area contributed by atoms with Gasteiger partial charge in [0.15, 0.2) is 0 Å². The third kappa shape index (κ3) is 3.52. The summed E-state index contributed by atoms with van der Waals surface area (Å²) >= 11 is 0. The zero-order valence-corrected chi connectivity index (χ0v) is 19.4. The number of hydrogen-bond acceptors (Lipinski definition) is 2. The summed E-state index contributed by atoms with van der Waals surface area (Å²) in [6, 6.07) is 0. The highest BCUT2D eigenvalue weighted by atomic mass is 16.3. The normalized spacial score (nSPS) is 47.3. The van der Waals surface area contributed by atoms with Crippen LogP contribution in [0.5, 0.6) is 0 Å². The molecule has 0 radical (unpaired) electrons. The number of rotatable bonds is 5. The number of allylic oxidation sites excluding steroid dienone is 2. The third-order valence-electron chi connectivity index (χ3n) is 10.0. The Bertz CT molecular complexity index is 663. The Hall–Kier alpha value is -0.760. The van der Waals surface area contributed by atoms with Crippen LogP contribution < -0.4 is 0 Å². The molecule has 0 saturated heterocycles. The minimum absolute atomic E-state index is 0.00311. The first-order valence-corrected chi connectivity index (χ1v) is 12.4. The highest BCUT2D eigenvalue weighted by Gasteiger charge is 2.61. The summed E-state index contributed by atoms with van der Waals surface area (Å²) in [4.78, 5) is 0. The average molecular weight is 401 g/mol. The maximum atomic E-state index is 11.1. The summed E-state index contributed by atoms with van der Waals surface area (Å²) < 4.78 is 0. The van der Waals surface area contributed by atoms with E-state index in [0.717, 1.165) is 30.1 Å². The molecule has 4 aliphatic carbocycles. The van der Waals surface area contributed by atoms with Crippen molar-refractivity contribution in [3.05, 3.63) is 24.0 Å². The van der Waals surface area contributed by atoms with Gasteiger partial charge in [-0.15, -0.1) is 0 Å². The second-order valence-corrected chi connectivity index (χ2v) is 12.0. The molecule has 0 bridgehead atoms. The van der Waals surface area contributed by atoms with Crippen LogP contribution in [0.3, 0.4) is 0 Å². The van der Waals surface area contributed by atoms with Crippen molar-refractivity contribution >= 4 is 0 Å². The third-order valence-corrected chi connectivity index (χ3v) is 10.0. The first kappa shape index (κ1) is 21.5. The molecule has 3 saturated carbocycles. The Morgan fingerprint density at radius 3 is 2.55 bits per heavy atom. The molecule has 0 spiro atoms. The molecule has 3 fully saturated rings. The van der Waals surface area contributed by atoms with E-state index in [1.54, 1.807) is 0 Å². The van der Waals surface area contributed by atoms with Gasteiger partial charge in [-0.3, -0.25) is 0 Å². The Balaban J connectivity index is 1.52. The largest absolute Gasteiger partial charge is 0.508 e. The van der Waals surface area contributed by atoms with Gasteiger partial charge in [0, 0.05) is 5.92 Å². The topological polar surface area (TPSA) is 40.5 Å². The molecule has 2 nitrogen and oxygen atoms in total. The number of hydrogen-bond donors (Lipinski definition) is 2. The van der Waals surface area contributed by atoms with E-state index in [2.05, 4.69) is 40.7 Å². The Morgan fingerprint density at radius 2 is 1.83 bits per heavy atom. The summed E-state index contributed by atoms with van der Waals surface area (Å²) in [5.74, 6) is 4.95. The quantitative estimate of drug-likeness (QED) is 0.526. The van der Waals surface area contributed by atoms with Gasteiger partial charge in [0.1, 0.15) is 5.76 Å². The molecule has 2 N–H and O–H groups in total. The molecule has 0 aliphatic heterocycles.